The van der Waals surface area contributed by atoms with Gasteiger partial charge in [0.05, 0.1) is 9.90 Å². The SMILES string of the molecule is CCSc1cccc(NCCc2ccc(Cl)s2)c1C(=O)O. The van der Waals surface area contributed by atoms with Crippen molar-refractivity contribution < 1.29 is 9.90 Å². The van der Waals surface area contributed by atoms with Crippen LogP contribution < -0.4 is 5.32 Å². The van der Waals surface area contributed by atoms with Crippen molar-refractivity contribution in [3.05, 3.63) is 45.1 Å². The van der Waals surface area contributed by atoms with Crippen molar-refractivity contribution in [1.82, 2.24) is 0 Å². The van der Waals surface area contributed by atoms with Crippen molar-refractivity contribution in [2.24, 2.45) is 0 Å². The van der Waals surface area contributed by atoms with Crippen LogP contribution in [0, 0.1) is 0 Å². The molecule has 6 heteroatoms. The molecule has 1 heterocycles. The minimum Gasteiger partial charge on any atom is -0.478 e. The summed E-state index contributed by atoms with van der Waals surface area (Å²) < 4.78 is 0.776. The fourth-order valence-corrected chi connectivity index (χ4v) is 3.90. The molecule has 0 aliphatic heterocycles. The predicted molar refractivity (Wildman–Crippen MR) is 91.3 cm³/mol. The number of carbonyl (C=O) groups is 1. The fraction of sp³-hybridized carbons (Fsp3) is 0.267. The van der Waals surface area contributed by atoms with E-state index in [2.05, 4.69) is 5.32 Å². The molecule has 0 aliphatic carbocycles. The molecule has 21 heavy (non-hydrogen) atoms. The first kappa shape index (κ1) is 16.2. The first-order valence-corrected chi connectivity index (χ1v) is 8.77. The van der Waals surface area contributed by atoms with Crippen LogP contribution in [0.3, 0.4) is 0 Å². The number of hydrogen-bond donors (Lipinski definition) is 2. The van der Waals surface area contributed by atoms with Crippen molar-refractivity contribution in [3.63, 3.8) is 0 Å². The number of thioether (sulfide) groups is 1. The molecule has 2 aromatic rings. The van der Waals surface area contributed by atoms with Crippen LogP contribution in [0.4, 0.5) is 5.69 Å². The van der Waals surface area contributed by atoms with Crippen LogP contribution >= 0.6 is 34.7 Å². The van der Waals surface area contributed by atoms with Gasteiger partial charge in [-0.3, -0.25) is 0 Å². The maximum atomic E-state index is 11.5. The Bertz CT molecular complexity index is 628. The highest BCUT2D eigenvalue weighted by Gasteiger charge is 2.15. The molecule has 0 unspecified atom stereocenters. The summed E-state index contributed by atoms with van der Waals surface area (Å²) in [4.78, 5) is 13.5. The molecule has 0 spiro atoms. The van der Waals surface area contributed by atoms with E-state index in [-0.39, 0.29) is 0 Å². The van der Waals surface area contributed by atoms with Gasteiger partial charge in [-0.05, 0) is 36.4 Å². The summed E-state index contributed by atoms with van der Waals surface area (Å²) >= 11 is 8.99. The third kappa shape index (κ3) is 4.40. The van der Waals surface area contributed by atoms with Crippen molar-refractivity contribution in [2.45, 2.75) is 18.2 Å². The lowest BCUT2D eigenvalue weighted by Gasteiger charge is -2.12. The first-order chi connectivity index (χ1) is 10.1. The molecule has 0 fully saturated rings. The molecule has 2 rings (SSSR count). The number of benzene rings is 1. The molecule has 0 aliphatic rings. The van der Waals surface area contributed by atoms with Gasteiger partial charge in [0.25, 0.3) is 0 Å². The average Bonchev–Trinajstić information content (AvgIpc) is 2.85. The van der Waals surface area contributed by atoms with Crippen LogP contribution in [-0.4, -0.2) is 23.4 Å². The lowest BCUT2D eigenvalue weighted by atomic mass is 10.1. The molecule has 112 valence electrons. The highest BCUT2D eigenvalue weighted by Crippen LogP contribution is 2.29. The van der Waals surface area contributed by atoms with Gasteiger partial charge in [-0.2, -0.15) is 0 Å². The highest BCUT2D eigenvalue weighted by atomic mass is 35.5. The maximum Gasteiger partial charge on any atom is 0.338 e. The monoisotopic (exact) mass is 341 g/mol. The number of anilines is 1. The fourth-order valence-electron chi connectivity index (χ4n) is 1.98. The smallest absolute Gasteiger partial charge is 0.338 e. The third-order valence-corrected chi connectivity index (χ3v) is 5.09. The van der Waals surface area contributed by atoms with Crippen molar-refractivity contribution in [1.29, 1.82) is 0 Å². The van der Waals surface area contributed by atoms with E-state index in [9.17, 15) is 9.90 Å². The van der Waals surface area contributed by atoms with E-state index in [0.717, 1.165) is 21.4 Å². The Balaban J connectivity index is 2.08. The van der Waals surface area contributed by atoms with Gasteiger partial charge < -0.3 is 10.4 Å². The van der Waals surface area contributed by atoms with Gasteiger partial charge in [-0.25, -0.2) is 4.79 Å². The average molecular weight is 342 g/mol. The van der Waals surface area contributed by atoms with Crippen LogP contribution in [0.25, 0.3) is 0 Å². The Morgan fingerprint density at radius 3 is 2.81 bits per heavy atom. The van der Waals surface area contributed by atoms with Gasteiger partial charge in [0, 0.05) is 22.0 Å². The van der Waals surface area contributed by atoms with Crippen LogP contribution in [0.15, 0.2) is 35.2 Å². The second-order valence-corrected chi connectivity index (χ2v) is 7.40. The molecule has 1 aromatic heterocycles. The number of nitrogens with one attached hydrogen (secondary N) is 1. The molecular weight excluding hydrogens is 326 g/mol. The standard InChI is InChI=1S/C15H16ClNO2S2/c1-2-20-12-5-3-4-11(14(12)15(18)19)17-9-8-10-6-7-13(16)21-10/h3-7,17H,2,8-9H2,1H3,(H,18,19). The number of aromatic carboxylic acids is 1. The zero-order chi connectivity index (χ0) is 15.2. The summed E-state index contributed by atoms with van der Waals surface area (Å²) in [5.74, 6) is -0.0505. The molecule has 1 aromatic carbocycles. The summed E-state index contributed by atoms with van der Waals surface area (Å²) in [6.07, 6.45) is 0.821. The number of carboxylic acid groups (broad SMARTS) is 1. The minimum absolute atomic E-state index is 0.355. The van der Waals surface area contributed by atoms with Gasteiger partial charge >= 0.3 is 5.97 Å². The molecular formula is C15H16ClNO2S2. The third-order valence-electron chi connectivity index (χ3n) is 2.86. The van der Waals surface area contributed by atoms with E-state index in [1.54, 1.807) is 23.1 Å². The zero-order valence-corrected chi connectivity index (χ0v) is 13.9. The molecule has 0 saturated carbocycles. The Hall–Kier alpha value is -1.17. The first-order valence-electron chi connectivity index (χ1n) is 6.59. The quantitative estimate of drug-likeness (QED) is 0.705. The van der Waals surface area contributed by atoms with E-state index in [4.69, 9.17) is 11.6 Å². The van der Waals surface area contributed by atoms with Gasteiger partial charge in [0.1, 0.15) is 0 Å². The molecule has 0 bridgehead atoms. The van der Waals surface area contributed by atoms with E-state index in [1.807, 2.05) is 37.3 Å². The van der Waals surface area contributed by atoms with E-state index in [1.165, 1.54) is 4.88 Å². The minimum atomic E-state index is -0.895. The normalized spacial score (nSPS) is 10.6. The van der Waals surface area contributed by atoms with Crippen molar-refractivity contribution in [3.8, 4) is 0 Å². The summed E-state index contributed by atoms with van der Waals surface area (Å²) in [6.45, 7) is 2.69. The number of rotatable bonds is 7. The molecule has 0 amide bonds. The van der Waals surface area contributed by atoms with Crippen LogP contribution in [-0.2, 0) is 6.42 Å². The summed E-state index contributed by atoms with van der Waals surface area (Å²) in [5, 5.41) is 12.6. The van der Waals surface area contributed by atoms with Crippen molar-refractivity contribution in [2.75, 3.05) is 17.6 Å². The molecule has 0 radical (unpaired) electrons. The largest absolute Gasteiger partial charge is 0.478 e. The highest BCUT2D eigenvalue weighted by molar-refractivity contribution is 7.99. The lowest BCUT2D eigenvalue weighted by molar-refractivity contribution is 0.0694. The van der Waals surface area contributed by atoms with Gasteiger partial charge in [-0.1, -0.05) is 24.6 Å². The summed E-state index contributed by atoms with van der Waals surface area (Å²) in [5.41, 5.74) is 1.03. The Kier molecular flexibility index (Phi) is 5.96. The van der Waals surface area contributed by atoms with Crippen molar-refractivity contribution >= 4 is 46.4 Å². The number of halogens is 1. The summed E-state index contributed by atoms with van der Waals surface area (Å²) in [7, 11) is 0. The molecule has 0 atom stereocenters. The maximum absolute atomic E-state index is 11.5. The Morgan fingerprint density at radius 2 is 2.19 bits per heavy atom. The Labute approximate surface area is 137 Å². The predicted octanol–water partition coefficient (Wildman–Crippen LogP) is 4.87. The second-order valence-electron chi connectivity index (χ2n) is 4.30. The van der Waals surface area contributed by atoms with Crippen LogP contribution in [0.2, 0.25) is 4.34 Å². The molecule has 0 saturated heterocycles. The van der Waals surface area contributed by atoms with Crippen LogP contribution in [0.5, 0.6) is 0 Å². The van der Waals surface area contributed by atoms with E-state index < -0.39 is 5.97 Å². The number of carboxylic acids is 1. The zero-order valence-electron chi connectivity index (χ0n) is 11.6. The Morgan fingerprint density at radius 1 is 1.38 bits per heavy atom. The topological polar surface area (TPSA) is 49.3 Å². The van der Waals surface area contributed by atoms with Gasteiger partial charge in [0.2, 0.25) is 0 Å². The number of hydrogen-bond acceptors (Lipinski definition) is 4. The molecule has 2 N–H and O–H groups in total. The molecule has 3 nitrogen and oxygen atoms in total. The lowest BCUT2D eigenvalue weighted by Crippen LogP contribution is -2.10. The van der Waals surface area contributed by atoms with Gasteiger partial charge in [0.15, 0.2) is 0 Å². The number of thiophene rings is 1. The van der Waals surface area contributed by atoms with E-state index >= 15 is 0 Å². The second kappa shape index (κ2) is 7.73. The van der Waals surface area contributed by atoms with Gasteiger partial charge in [-0.15, -0.1) is 23.1 Å². The summed E-state index contributed by atoms with van der Waals surface area (Å²) in [6, 6.07) is 9.42. The van der Waals surface area contributed by atoms with Crippen LogP contribution in [0.1, 0.15) is 22.2 Å². The van der Waals surface area contributed by atoms with E-state index in [0.29, 0.717) is 17.8 Å².